The summed E-state index contributed by atoms with van der Waals surface area (Å²) in [7, 11) is 1.75. The Morgan fingerprint density at radius 1 is 1.23 bits per heavy atom. The number of benzene rings is 2. The van der Waals surface area contributed by atoms with Gasteiger partial charge in [-0.15, -0.1) is 0 Å². The Morgan fingerprint density at radius 3 is 2.64 bits per heavy atom. The summed E-state index contributed by atoms with van der Waals surface area (Å²) in [5, 5.41) is 1.58. The summed E-state index contributed by atoms with van der Waals surface area (Å²) in [5.41, 5.74) is 1.70. The molecule has 0 saturated carbocycles. The lowest BCUT2D eigenvalue weighted by Gasteiger charge is -2.15. The summed E-state index contributed by atoms with van der Waals surface area (Å²) < 4.78 is 6.52. The van der Waals surface area contributed by atoms with E-state index in [2.05, 4.69) is 15.9 Å². The molecule has 22 heavy (non-hydrogen) atoms. The molecule has 5 heteroatoms. The number of para-hydroxylation sites is 1. The molecular weight excluding hydrogens is 366 g/mol. The average Bonchev–Trinajstić information content (AvgIpc) is 2.94. The predicted octanol–water partition coefficient (Wildman–Crippen LogP) is 5.12. The molecule has 1 aromatic heterocycles. The van der Waals surface area contributed by atoms with Crippen LogP contribution in [0.2, 0.25) is 5.02 Å². The van der Waals surface area contributed by atoms with Crippen LogP contribution in [0, 0.1) is 0 Å². The topological polar surface area (TPSA) is 33.5 Å². The number of hydrogen-bond donors (Lipinski definition) is 0. The van der Waals surface area contributed by atoms with Crippen LogP contribution < -0.4 is 0 Å². The first kappa shape index (κ1) is 15.1. The van der Waals surface area contributed by atoms with E-state index in [1.807, 2.05) is 42.5 Å². The summed E-state index contributed by atoms with van der Waals surface area (Å²) in [5.74, 6) is 0.177. The molecule has 0 atom stereocenters. The number of halogens is 2. The molecule has 3 aromatic rings. The van der Waals surface area contributed by atoms with Gasteiger partial charge in [0.2, 0.25) is 0 Å². The lowest BCUT2D eigenvalue weighted by Crippen LogP contribution is -2.25. The van der Waals surface area contributed by atoms with Gasteiger partial charge in [0, 0.05) is 24.0 Å². The molecule has 0 saturated heterocycles. The van der Waals surface area contributed by atoms with Gasteiger partial charge < -0.3 is 9.32 Å². The van der Waals surface area contributed by atoms with Gasteiger partial charge in [0.15, 0.2) is 5.76 Å². The lowest BCUT2D eigenvalue weighted by atomic mass is 10.2. The molecule has 0 bridgehead atoms. The minimum Gasteiger partial charge on any atom is -0.450 e. The number of carbonyl (C=O) groups is 1. The third-order valence-electron chi connectivity index (χ3n) is 3.39. The zero-order valence-corrected chi connectivity index (χ0v) is 14.2. The molecule has 0 spiro atoms. The molecule has 112 valence electrons. The Morgan fingerprint density at radius 2 is 1.95 bits per heavy atom. The van der Waals surface area contributed by atoms with Crippen LogP contribution in [0.25, 0.3) is 11.0 Å². The number of amides is 1. The third-order valence-corrected chi connectivity index (χ3v) is 4.26. The molecule has 0 fully saturated rings. The van der Waals surface area contributed by atoms with Gasteiger partial charge in [-0.05, 0) is 45.8 Å². The highest BCUT2D eigenvalue weighted by molar-refractivity contribution is 9.10. The highest BCUT2D eigenvalue weighted by Crippen LogP contribution is 2.27. The van der Waals surface area contributed by atoms with Crippen molar-refractivity contribution in [3.05, 3.63) is 69.3 Å². The maximum atomic E-state index is 12.5. The molecule has 3 rings (SSSR count). The van der Waals surface area contributed by atoms with Crippen LogP contribution in [-0.4, -0.2) is 17.9 Å². The molecule has 0 radical (unpaired) electrons. The predicted molar refractivity (Wildman–Crippen MR) is 91.2 cm³/mol. The SMILES string of the molecule is CN(Cc1ccc(Cl)cc1)C(=O)c1cc2cccc(Br)c2o1. The maximum absolute atomic E-state index is 12.5. The van der Waals surface area contributed by atoms with E-state index in [4.69, 9.17) is 16.0 Å². The maximum Gasteiger partial charge on any atom is 0.289 e. The van der Waals surface area contributed by atoms with E-state index < -0.39 is 0 Å². The van der Waals surface area contributed by atoms with E-state index >= 15 is 0 Å². The Kier molecular flexibility index (Phi) is 4.23. The van der Waals surface area contributed by atoms with Crippen LogP contribution in [0.1, 0.15) is 16.1 Å². The largest absolute Gasteiger partial charge is 0.450 e. The van der Waals surface area contributed by atoms with Crippen LogP contribution in [0.15, 0.2) is 57.4 Å². The first-order valence-corrected chi connectivity index (χ1v) is 7.89. The van der Waals surface area contributed by atoms with Crippen LogP contribution in [0.5, 0.6) is 0 Å². The third kappa shape index (κ3) is 3.03. The first-order chi connectivity index (χ1) is 10.5. The second-order valence-corrected chi connectivity index (χ2v) is 6.35. The van der Waals surface area contributed by atoms with Crippen molar-refractivity contribution in [3.63, 3.8) is 0 Å². The Hall–Kier alpha value is -1.78. The minimum absolute atomic E-state index is 0.155. The first-order valence-electron chi connectivity index (χ1n) is 6.72. The number of nitrogens with zero attached hydrogens (tertiary/aromatic N) is 1. The van der Waals surface area contributed by atoms with E-state index in [9.17, 15) is 4.79 Å². The minimum atomic E-state index is -0.155. The van der Waals surface area contributed by atoms with Crippen LogP contribution in [0.3, 0.4) is 0 Å². The standard InChI is InChI=1S/C17H13BrClNO2/c1-20(10-11-5-7-13(19)8-6-11)17(21)15-9-12-3-2-4-14(18)16(12)22-15/h2-9H,10H2,1H3. The van der Waals surface area contributed by atoms with Crippen molar-refractivity contribution in [2.24, 2.45) is 0 Å². The number of hydrogen-bond acceptors (Lipinski definition) is 2. The average molecular weight is 379 g/mol. The van der Waals surface area contributed by atoms with Gasteiger partial charge in [0.05, 0.1) is 4.47 Å². The molecular formula is C17H13BrClNO2. The number of furan rings is 1. The Balaban J connectivity index is 1.82. The fraction of sp³-hybridized carbons (Fsp3) is 0.118. The van der Waals surface area contributed by atoms with E-state index in [1.54, 1.807) is 18.0 Å². The molecule has 0 aliphatic carbocycles. The second kappa shape index (κ2) is 6.15. The van der Waals surface area contributed by atoms with Crippen molar-refractivity contribution in [2.45, 2.75) is 6.54 Å². The van der Waals surface area contributed by atoms with Crippen molar-refractivity contribution in [1.29, 1.82) is 0 Å². The number of fused-ring (bicyclic) bond motifs is 1. The molecule has 3 nitrogen and oxygen atoms in total. The molecule has 0 N–H and O–H groups in total. The van der Waals surface area contributed by atoms with E-state index in [-0.39, 0.29) is 5.91 Å². The molecule has 0 unspecified atom stereocenters. The molecule has 1 heterocycles. The van der Waals surface area contributed by atoms with Crippen molar-refractivity contribution in [1.82, 2.24) is 4.90 Å². The second-order valence-electron chi connectivity index (χ2n) is 5.06. The highest BCUT2D eigenvalue weighted by atomic mass is 79.9. The Bertz CT molecular complexity index is 826. The molecule has 1 amide bonds. The van der Waals surface area contributed by atoms with Crippen molar-refractivity contribution >= 4 is 44.4 Å². The van der Waals surface area contributed by atoms with E-state index in [0.717, 1.165) is 15.4 Å². The van der Waals surface area contributed by atoms with Gasteiger partial charge in [-0.3, -0.25) is 4.79 Å². The van der Waals surface area contributed by atoms with Crippen LogP contribution in [0.4, 0.5) is 0 Å². The van der Waals surface area contributed by atoms with Gasteiger partial charge in [0.1, 0.15) is 5.58 Å². The van der Waals surface area contributed by atoms with Crippen LogP contribution in [-0.2, 0) is 6.54 Å². The van der Waals surface area contributed by atoms with Crippen molar-refractivity contribution in [2.75, 3.05) is 7.05 Å². The van der Waals surface area contributed by atoms with Gasteiger partial charge in [-0.1, -0.05) is 35.9 Å². The smallest absolute Gasteiger partial charge is 0.289 e. The normalized spacial score (nSPS) is 10.9. The van der Waals surface area contributed by atoms with Gasteiger partial charge >= 0.3 is 0 Å². The highest BCUT2D eigenvalue weighted by Gasteiger charge is 2.17. The summed E-state index contributed by atoms with van der Waals surface area (Å²) in [6.45, 7) is 0.494. The Labute approximate surface area is 141 Å². The fourth-order valence-corrected chi connectivity index (χ4v) is 2.84. The monoisotopic (exact) mass is 377 g/mol. The van der Waals surface area contributed by atoms with Gasteiger partial charge in [-0.25, -0.2) is 0 Å². The zero-order valence-electron chi connectivity index (χ0n) is 11.8. The van der Waals surface area contributed by atoms with Crippen molar-refractivity contribution in [3.8, 4) is 0 Å². The molecule has 0 aliphatic heterocycles. The molecule has 2 aromatic carbocycles. The summed E-state index contributed by atoms with van der Waals surface area (Å²) in [6, 6.07) is 14.9. The van der Waals surface area contributed by atoms with Gasteiger partial charge in [-0.2, -0.15) is 0 Å². The lowest BCUT2D eigenvalue weighted by molar-refractivity contribution is 0.0756. The fourth-order valence-electron chi connectivity index (χ4n) is 2.26. The van der Waals surface area contributed by atoms with E-state index in [0.29, 0.717) is 22.9 Å². The summed E-state index contributed by atoms with van der Waals surface area (Å²) in [6.07, 6.45) is 0. The summed E-state index contributed by atoms with van der Waals surface area (Å²) in [4.78, 5) is 14.1. The quantitative estimate of drug-likeness (QED) is 0.634. The van der Waals surface area contributed by atoms with Gasteiger partial charge in [0.25, 0.3) is 5.91 Å². The zero-order chi connectivity index (χ0) is 15.7. The van der Waals surface area contributed by atoms with Crippen molar-refractivity contribution < 1.29 is 9.21 Å². The van der Waals surface area contributed by atoms with Crippen LogP contribution >= 0.6 is 27.5 Å². The summed E-state index contributed by atoms with van der Waals surface area (Å²) >= 11 is 9.29. The molecule has 0 aliphatic rings. The van der Waals surface area contributed by atoms with E-state index in [1.165, 1.54) is 0 Å². The number of carbonyl (C=O) groups excluding carboxylic acids is 1. The number of rotatable bonds is 3.